The Hall–Kier alpha value is -2.23. The third-order valence-corrected chi connectivity index (χ3v) is 5.79. The van der Waals surface area contributed by atoms with Crippen molar-refractivity contribution in [3.8, 4) is 11.5 Å². The zero-order valence-electron chi connectivity index (χ0n) is 18.0. The quantitative estimate of drug-likeness (QED) is 0.283. The summed E-state index contributed by atoms with van der Waals surface area (Å²) in [5.74, 6) is 0.968. The van der Waals surface area contributed by atoms with Crippen LogP contribution in [-0.2, 0) is 9.53 Å². The Labute approximate surface area is 194 Å². The Kier molecular flexibility index (Phi) is 8.22. The second-order valence-electron chi connectivity index (χ2n) is 8.26. The molecule has 4 atom stereocenters. The molecule has 0 saturated carbocycles. The molecule has 0 aliphatic heterocycles. The summed E-state index contributed by atoms with van der Waals surface area (Å²) in [6.45, 7) is 5.94. The Morgan fingerprint density at radius 2 is 1.71 bits per heavy atom. The van der Waals surface area contributed by atoms with Crippen molar-refractivity contribution < 1.29 is 14.3 Å². The summed E-state index contributed by atoms with van der Waals surface area (Å²) in [7, 11) is 0. The van der Waals surface area contributed by atoms with Gasteiger partial charge in [-0.05, 0) is 48.1 Å². The van der Waals surface area contributed by atoms with Gasteiger partial charge in [-0.3, -0.25) is 4.79 Å². The molecule has 5 heteroatoms. The molecule has 3 rings (SSSR count). The third kappa shape index (κ3) is 6.38. The number of hydrogen-bond acceptors (Lipinski definition) is 3. The van der Waals surface area contributed by atoms with Crippen molar-refractivity contribution in [2.75, 3.05) is 0 Å². The van der Waals surface area contributed by atoms with Crippen molar-refractivity contribution in [2.24, 2.45) is 23.7 Å². The van der Waals surface area contributed by atoms with Crippen LogP contribution >= 0.6 is 23.2 Å². The van der Waals surface area contributed by atoms with Crippen LogP contribution in [0.5, 0.6) is 11.5 Å². The molecule has 0 radical (unpaired) electrons. The minimum Gasteiger partial charge on any atom is -0.457 e. The van der Waals surface area contributed by atoms with Crippen molar-refractivity contribution in [3.05, 3.63) is 82.9 Å². The molecule has 2 aromatic rings. The maximum absolute atomic E-state index is 13.2. The van der Waals surface area contributed by atoms with E-state index in [0.717, 1.165) is 17.7 Å². The molecule has 0 spiro atoms. The highest BCUT2D eigenvalue weighted by atomic mass is 35.5. The number of esters is 1. The lowest BCUT2D eigenvalue weighted by Crippen LogP contribution is -2.31. The molecule has 31 heavy (non-hydrogen) atoms. The molecule has 3 nitrogen and oxygen atoms in total. The third-order valence-electron chi connectivity index (χ3n) is 5.53. The lowest BCUT2D eigenvalue weighted by molar-refractivity contribution is -0.160. The van der Waals surface area contributed by atoms with Crippen LogP contribution in [0.2, 0.25) is 0 Å². The number of rotatable bonds is 9. The van der Waals surface area contributed by atoms with E-state index < -0.39 is 0 Å². The Morgan fingerprint density at radius 1 is 1.03 bits per heavy atom. The summed E-state index contributed by atoms with van der Waals surface area (Å²) in [6.07, 6.45) is 6.37. The van der Waals surface area contributed by atoms with Crippen LogP contribution in [0.1, 0.15) is 38.9 Å². The van der Waals surface area contributed by atoms with Crippen LogP contribution in [0, 0.1) is 23.7 Å². The summed E-state index contributed by atoms with van der Waals surface area (Å²) in [5.41, 5.74) is 0.914. The summed E-state index contributed by atoms with van der Waals surface area (Å²) in [5, 5.41) is 0. The first-order chi connectivity index (χ1) is 14.8. The zero-order chi connectivity index (χ0) is 22.4. The smallest absolute Gasteiger partial charge is 0.310 e. The topological polar surface area (TPSA) is 35.5 Å². The second-order valence-corrected chi connectivity index (χ2v) is 9.27. The summed E-state index contributed by atoms with van der Waals surface area (Å²) in [6, 6.07) is 17.4. The molecule has 1 aliphatic rings. The van der Waals surface area contributed by atoms with Crippen LogP contribution in [0.4, 0.5) is 0 Å². The van der Waals surface area contributed by atoms with E-state index in [4.69, 9.17) is 32.7 Å². The Bertz CT molecular complexity index is 933. The van der Waals surface area contributed by atoms with Gasteiger partial charge in [0.1, 0.15) is 22.1 Å². The van der Waals surface area contributed by atoms with E-state index in [1.54, 1.807) is 6.08 Å². The summed E-state index contributed by atoms with van der Waals surface area (Å²) in [4.78, 5) is 13.2. The van der Waals surface area contributed by atoms with E-state index in [0.29, 0.717) is 5.75 Å². The number of hydrogen-bond donors (Lipinski definition) is 0. The molecule has 0 heterocycles. The molecule has 0 N–H and O–H groups in total. The molecule has 164 valence electrons. The predicted molar refractivity (Wildman–Crippen MR) is 126 cm³/mol. The van der Waals surface area contributed by atoms with E-state index in [-0.39, 0.29) is 40.2 Å². The number of para-hydroxylation sites is 1. The summed E-state index contributed by atoms with van der Waals surface area (Å²) >= 11 is 11.7. The fourth-order valence-electron chi connectivity index (χ4n) is 3.90. The monoisotopic (exact) mass is 458 g/mol. The first-order valence-corrected chi connectivity index (χ1v) is 11.3. The van der Waals surface area contributed by atoms with Crippen LogP contribution in [0.25, 0.3) is 0 Å². The lowest BCUT2D eigenvalue weighted by atomic mass is 9.83. The Balaban J connectivity index is 1.82. The minimum absolute atomic E-state index is 0.0803. The SMILES string of the molecule is CC(C)C(C(=O)OC(c1cccc(Oc2ccccc2)c1)C1C=CC1)C(C)C=C(Cl)Cl. The van der Waals surface area contributed by atoms with Crippen LogP contribution in [0.15, 0.2) is 77.3 Å². The van der Waals surface area contributed by atoms with Gasteiger partial charge in [-0.2, -0.15) is 0 Å². The van der Waals surface area contributed by atoms with Gasteiger partial charge in [-0.15, -0.1) is 0 Å². The maximum atomic E-state index is 13.2. The van der Waals surface area contributed by atoms with E-state index >= 15 is 0 Å². The standard InChI is InChI=1S/C26H28Cl2O3/c1-17(2)24(18(3)15-23(27)28)26(29)31-25(19-9-7-10-19)20-11-8-14-22(16-20)30-21-12-5-4-6-13-21/h4-9,11-19,24-25H,10H2,1-3H3. The van der Waals surface area contributed by atoms with E-state index in [9.17, 15) is 4.79 Å². The largest absolute Gasteiger partial charge is 0.457 e. The minimum atomic E-state index is -0.374. The molecule has 4 unspecified atom stereocenters. The number of carbonyl (C=O) groups is 1. The molecule has 0 amide bonds. The average Bonchev–Trinajstić information content (AvgIpc) is 2.66. The molecule has 0 saturated heterocycles. The Morgan fingerprint density at radius 3 is 2.29 bits per heavy atom. The first kappa shape index (κ1) is 23.4. The van der Waals surface area contributed by atoms with Gasteiger partial charge in [-0.1, -0.05) is 92.5 Å². The van der Waals surface area contributed by atoms with E-state index in [2.05, 4.69) is 12.2 Å². The van der Waals surface area contributed by atoms with Gasteiger partial charge in [0.2, 0.25) is 0 Å². The molecular formula is C26H28Cl2O3. The van der Waals surface area contributed by atoms with Gasteiger partial charge < -0.3 is 9.47 Å². The molecule has 0 fully saturated rings. The highest BCUT2D eigenvalue weighted by molar-refractivity contribution is 6.55. The normalized spacial score (nSPS) is 17.9. The second kappa shape index (κ2) is 10.9. The number of halogens is 2. The van der Waals surface area contributed by atoms with Crippen molar-refractivity contribution in [1.82, 2.24) is 0 Å². The highest BCUT2D eigenvalue weighted by Gasteiger charge is 2.34. The van der Waals surface area contributed by atoms with Gasteiger partial charge in [0.15, 0.2) is 0 Å². The van der Waals surface area contributed by atoms with Crippen LogP contribution in [0.3, 0.4) is 0 Å². The highest BCUT2D eigenvalue weighted by Crippen LogP contribution is 2.38. The van der Waals surface area contributed by atoms with Crippen molar-refractivity contribution >= 4 is 29.2 Å². The van der Waals surface area contributed by atoms with Crippen LogP contribution < -0.4 is 4.74 Å². The van der Waals surface area contributed by atoms with Gasteiger partial charge in [0, 0.05) is 5.92 Å². The number of benzene rings is 2. The molecular weight excluding hydrogens is 431 g/mol. The fraction of sp³-hybridized carbons (Fsp3) is 0.346. The van der Waals surface area contributed by atoms with Crippen molar-refractivity contribution in [3.63, 3.8) is 0 Å². The number of allylic oxidation sites excluding steroid dienone is 2. The number of carbonyl (C=O) groups excluding carboxylic acids is 1. The van der Waals surface area contributed by atoms with Gasteiger partial charge in [-0.25, -0.2) is 0 Å². The zero-order valence-corrected chi connectivity index (χ0v) is 19.5. The number of ether oxygens (including phenoxy) is 2. The summed E-state index contributed by atoms with van der Waals surface area (Å²) < 4.78 is 12.3. The molecule has 1 aliphatic carbocycles. The molecule has 0 bridgehead atoms. The predicted octanol–water partition coefficient (Wildman–Crippen LogP) is 7.87. The lowest BCUT2D eigenvalue weighted by Gasteiger charge is -2.32. The van der Waals surface area contributed by atoms with Gasteiger partial charge in [0.05, 0.1) is 5.92 Å². The van der Waals surface area contributed by atoms with Gasteiger partial charge in [0.25, 0.3) is 0 Å². The van der Waals surface area contributed by atoms with E-state index in [1.807, 2.05) is 75.4 Å². The van der Waals surface area contributed by atoms with Crippen molar-refractivity contribution in [1.29, 1.82) is 0 Å². The fourth-order valence-corrected chi connectivity index (χ4v) is 4.30. The molecule has 0 aromatic heterocycles. The van der Waals surface area contributed by atoms with Gasteiger partial charge >= 0.3 is 5.97 Å². The van der Waals surface area contributed by atoms with E-state index in [1.165, 1.54) is 0 Å². The first-order valence-electron chi connectivity index (χ1n) is 10.6. The maximum Gasteiger partial charge on any atom is 0.310 e. The van der Waals surface area contributed by atoms with Crippen molar-refractivity contribution in [2.45, 2.75) is 33.3 Å². The van der Waals surface area contributed by atoms with Crippen LogP contribution in [-0.4, -0.2) is 5.97 Å². The molecule has 2 aromatic carbocycles. The average molecular weight is 459 g/mol.